The molecule has 0 heterocycles. The van der Waals surface area contributed by atoms with E-state index in [0.29, 0.717) is 5.92 Å². The fraction of sp³-hybridized carbons (Fsp3) is 0.591. The van der Waals surface area contributed by atoms with Gasteiger partial charge in [-0.25, -0.2) is 4.79 Å². The van der Waals surface area contributed by atoms with Crippen molar-refractivity contribution >= 4 is 12.0 Å². The van der Waals surface area contributed by atoms with Crippen LogP contribution < -0.4 is 0 Å². The number of hydrogen-bond acceptors (Lipinski definition) is 2. The van der Waals surface area contributed by atoms with Gasteiger partial charge >= 0.3 is 5.97 Å². The number of esters is 1. The maximum atomic E-state index is 11.7. The van der Waals surface area contributed by atoms with Gasteiger partial charge in [0.25, 0.3) is 0 Å². The Labute approximate surface area is 147 Å². The molecular weight excluding hydrogens is 296 g/mol. The van der Waals surface area contributed by atoms with Crippen LogP contribution in [-0.2, 0) is 9.53 Å². The van der Waals surface area contributed by atoms with Crippen LogP contribution in [0.5, 0.6) is 0 Å². The zero-order valence-corrected chi connectivity index (χ0v) is 15.7. The van der Waals surface area contributed by atoms with E-state index in [0.717, 1.165) is 11.5 Å². The standard InChI is InChI=1S/C22H32O2/c1-5-6-17-7-12-19(13-8-17)20-14-9-18(10-15-20)11-16-21(23)24-22(2,3)4/h9-11,14-17,19H,5-8,12-13H2,1-4H3/t17-,19-. The van der Waals surface area contributed by atoms with Crippen LogP contribution in [0.2, 0.25) is 0 Å². The smallest absolute Gasteiger partial charge is 0.331 e. The van der Waals surface area contributed by atoms with Crippen molar-refractivity contribution in [1.82, 2.24) is 0 Å². The highest BCUT2D eigenvalue weighted by atomic mass is 16.6. The van der Waals surface area contributed by atoms with Crippen LogP contribution >= 0.6 is 0 Å². The molecule has 0 spiro atoms. The van der Waals surface area contributed by atoms with Crippen LogP contribution in [0, 0.1) is 5.92 Å². The quantitative estimate of drug-likeness (QED) is 0.481. The molecule has 0 saturated heterocycles. The molecule has 0 amide bonds. The number of rotatable bonds is 5. The van der Waals surface area contributed by atoms with Crippen molar-refractivity contribution in [1.29, 1.82) is 0 Å². The zero-order chi connectivity index (χ0) is 17.6. The average molecular weight is 328 g/mol. The van der Waals surface area contributed by atoms with E-state index in [9.17, 15) is 4.79 Å². The Bertz CT molecular complexity index is 540. The van der Waals surface area contributed by atoms with Crippen LogP contribution in [0.15, 0.2) is 30.3 Å². The monoisotopic (exact) mass is 328 g/mol. The summed E-state index contributed by atoms with van der Waals surface area (Å²) < 4.78 is 5.28. The number of hydrogen-bond donors (Lipinski definition) is 0. The molecule has 24 heavy (non-hydrogen) atoms. The first kappa shape index (κ1) is 18.8. The average Bonchev–Trinajstić information content (AvgIpc) is 2.53. The van der Waals surface area contributed by atoms with E-state index in [1.807, 2.05) is 26.8 Å². The summed E-state index contributed by atoms with van der Waals surface area (Å²) in [6.45, 7) is 7.92. The summed E-state index contributed by atoms with van der Waals surface area (Å²) in [7, 11) is 0. The van der Waals surface area contributed by atoms with E-state index in [1.165, 1.54) is 50.2 Å². The molecule has 1 aromatic carbocycles. The minimum absolute atomic E-state index is 0.291. The summed E-state index contributed by atoms with van der Waals surface area (Å²) >= 11 is 0. The number of carbonyl (C=O) groups is 1. The molecule has 2 rings (SSSR count). The minimum Gasteiger partial charge on any atom is -0.457 e. The fourth-order valence-electron chi connectivity index (χ4n) is 3.57. The van der Waals surface area contributed by atoms with Gasteiger partial charge < -0.3 is 4.74 Å². The van der Waals surface area contributed by atoms with Crippen molar-refractivity contribution in [3.8, 4) is 0 Å². The molecule has 1 aromatic rings. The molecule has 132 valence electrons. The highest BCUT2D eigenvalue weighted by Gasteiger charge is 2.21. The largest absolute Gasteiger partial charge is 0.457 e. The van der Waals surface area contributed by atoms with E-state index < -0.39 is 5.60 Å². The molecule has 0 radical (unpaired) electrons. The third-order valence-corrected chi connectivity index (χ3v) is 4.77. The zero-order valence-electron chi connectivity index (χ0n) is 15.7. The summed E-state index contributed by atoms with van der Waals surface area (Å²) in [5, 5.41) is 0. The highest BCUT2D eigenvalue weighted by Crippen LogP contribution is 2.37. The summed E-state index contributed by atoms with van der Waals surface area (Å²) in [5.41, 5.74) is 2.05. The predicted octanol–water partition coefficient (Wildman–Crippen LogP) is 6.12. The maximum Gasteiger partial charge on any atom is 0.331 e. The van der Waals surface area contributed by atoms with Gasteiger partial charge in [0.2, 0.25) is 0 Å². The van der Waals surface area contributed by atoms with Gasteiger partial charge in [0, 0.05) is 6.08 Å². The molecule has 1 aliphatic rings. The second-order valence-corrected chi connectivity index (χ2v) is 8.04. The third kappa shape index (κ3) is 6.14. The van der Waals surface area contributed by atoms with Gasteiger partial charge in [0.1, 0.15) is 5.60 Å². The van der Waals surface area contributed by atoms with E-state index in [4.69, 9.17) is 4.74 Å². The van der Waals surface area contributed by atoms with E-state index in [2.05, 4.69) is 31.2 Å². The summed E-state index contributed by atoms with van der Waals surface area (Å²) in [6.07, 6.45) is 11.4. The summed E-state index contributed by atoms with van der Waals surface area (Å²) in [6, 6.07) is 8.65. The van der Waals surface area contributed by atoms with Gasteiger partial charge in [-0.3, -0.25) is 0 Å². The van der Waals surface area contributed by atoms with Crippen molar-refractivity contribution in [3.63, 3.8) is 0 Å². The molecule has 2 nitrogen and oxygen atoms in total. The van der Waals surface area contributed by atoms with Gasteiger partial charge in [-0.15, -0.1) is 0 Å². The Hall–Kier alpha value is -1.57. The van der Waals surface area contributed by atoms with Crippen LogP contribution in [0.25, 0.3) is 6.08 Å². The lowest BCUT2D eigenvalue weighted by atomic mass is 9.77. The van der Waals surface area contributed by atoms with Crippen LogP contribution in [0.1, 0.15) is 83.3 Å². The van der Waals surface area contributed by atoms with Crippen LogP contribution in [0.4, 0.5) is 0 Å². The normalized spacial score (nSPS) is 21.8. The van der Waals surface area contributed by atoms with Crippen LogP contribution in [-0.4, -0.2) is 11.6 Å². The minimum atomic E-state index is -0.443. The summed E-state index contributed by atoms with van der Waals surface area (Å²) in [5.74, 6) is 1.37. The molecule has 0 aliphatic heterocycles. The van der Waals surface area contributed by atoms with E-state index >= 15 is 0 Å². The topological polar surface area (TPSA) is 26.3 Å². The molecular formula is C22H32O2. The fourth-order valence-corrected chi connectivity index (χ4v) is 3.57. The van der Waals surface area contributed by atoms with Crippen LogP contribution in [0.3, 0.4) is 0 Å². The van der Waals surface area contributed by atoms with Gasteiger partial charge in [0.05, 0.1) is 0 Å². The van der Waals surface area contributed by atoms with Crippen molar-refractivity contribution in [2.24, 2.45) is 5.92 Å². The molecule has 0 unspecified atom stereocenters. The van der Waals surface area contributed by atoms with E-state index in [1.54, 1.807) is 0 Å². The first-order valence-corrected chi connectivity index (χ1v) is 9.38. The lowest BCUT2D eigenvalue weighted by Gasteiger charge is -2.28. The SMILES string of the molecule is CCC[C@H]1CC[C@H](c2ccc(C=CC(=O)OC(C)(C)C)cc2)CC1. The highest BCUT2D eigenvalue weighted by molar-refractivity contribution is 5.87. The molecule has 0 aromatic heterocycles. The van der Waals surface area contributed by atoms with Crippen molar-refractivity contribution in [3.05, 3.63) is 41.5 Å². The van der Waals surface area contributed by atoms with Gasteiger partial charge in [-0.2, -0.15) is 0 Å². The Morgan fingerprint density at radius 1 is 1.12 bits per heavy atom. The number of carbonyl (C=O) groups excluding carboxylic acids is 1. The van der Waals surface area contributed by atoms with Gasteiger partial charge in [-0.05, 0) is 75.5 Å². The summed E-state index contributed by atoms with van der Waals surface area (Å²) in [4.78, 5) is 11.7. The number of benzene rings is 1. The Morgan fingerprint density at radius 2 is 1.75 bits per heavy atom. The molecule has 1 saturated carbocycles. The molecule has 0 atom stereocenters. The molecule has 0 bridgehead atoms. The molecule has 1 fully saturated rings. The first-order valence-electron chi connectivity index (χ1n) is 9.38. The first-order chi connectivity index (χ1) is 11.4. The Morgan fingerprint density at radius 3 is 2.29 bits per heavy atom. The molecule has 1 aliphatic carbocycles. The number of ether oxygens (including phenoxy) is 1. The van der Waals surface area contributed by atoms with Crippen molar-refractivity contribution < 1.29 is 9.53 Å². The lowest BCUT2D eigenvalue weighted by Crippen LogP contribution is -2.22. The Balaban J connectivity index is 1.88. The second kappa shape index (κ2) is 8.50. The van der Waals surface area contributed by atoms with Crippen molar-refractivity contribution in [2.45, 2.75) is 77.7 Å². The third-order valence-electron chi connectivity index (χ3n) is 4.77. The lowest BCUT2D eigenvalue weighted by molar-refractivity contribution is -0.148. The van der Waals surface area contributed by atoms with Crippen molar-refractivity contribution in [2.75, 3.05) is 0 Å². The predicted molar refractivity (Wildman–Crippen MR) is 101 cm³/mol. The molecule has 2 heteroatoms. The van der Waals surface area contributed by atoms with Gasteiger partial charge in [0.15, 0.2) is 0 Å². The Kier molecular flexibility index (Phi) is 6.65. The molecule has 0 N–H and O–H groups in total. The maximum absolute atomic E-state index is 11.7. The van der Waals surface area contributed by atoms with Gasteiger partial charge in [-0.1, -0.05) is 44.0 Å². The second-order valence-electron chi connectivity index (χ2n) is 8.04. The van der Waals surface area contributed by atoms with E-state index in [-0.39, 0.29) is 5.97 Å².